The maximum absolute atomic E-state index is 12.8. The van der Waals surface area contributed by atoms with Crippen molar-refractivity contribution in [3.63, 3.8) is 0 Å². The van der Waals surface area contributed by atoms with Crippen LogP contribution in [0.15, 0.2) is 71.6 Å². The summed E-state index contributed by atoms with van der Waals surface area (Å²) in [6, 6.07) is 20.9. The number of ether oxygens (including phenoxy) is 1. The zero-order valence-corrected chi connectivity index (χ0v) is 14.5. The molecule has 5 heteroatoms. The van der Waals surface area contributed by atoms with Gasteiger partial charge in [0.2, 0.25) is 10.0 Å². The van der Waals surface area contributed by atoms with E-state index in [9.17, 15) is 8.42 Å². The highest BCUT2D eigenvalue weighted by atomic mass is 32.2. The Morgan fingerprint density at radius 3 is 2.52 bits per heavy atom. The van der Waals surface area contributed by atoms with Crippen LogP contribution in [0, 0.1) is 0 Å². The maximum Gasteiger partial charge on any atom is 0.241 e. The van der Waals surface area contributed by atoms with E-state index in [4.69, 9.17) is 4.74 Å². The minimum absolute atomic E-state index is 0.153. The van der Waals surface area contributed by atoms with Gasteiger partial charge >= 0.3 is 0 Å². The number of nitrogens with one attached hydrogen (secondary N) is 1. The van der Waals surface area contributed by atoms with Crippen molar-refractivity contribution >= 4 is 20.8 Å². The van der Waals surface area contributed by atoms with Gasteiger partial charge in [0.05, 0.1) is 17.6 Å². The Morgan fingerprint density at radius 1 is 0.920 bits per heavy atom. The molecule has 0 aromatic heterocycles. The van der Waals surface area contributed by atoms with Crippen LogP contribution >= 0.6 is 0 Å². The highest BCUT2D eigenvalue weighted by molar-refractivity contribution is 7.89. The van der Waals surface area contributed by atoms with E-state index in [1.54, 1.807) is 12.1 Å². The first-order chi connectivity index (χ1) is 12.1. The second kappa shape index (κ2) is 6.59. The zero-order chi connectivity index (χ0) is 17.3. The highest BCUT2D eigenvalue weighted by Gasteiger charge is 2.22. The Hall–Kier alpha value is -2.21. The molecule has 3 aromatic rings. The van der Waals surface area contributed by atoms with Gasteiger partial charge in [-0.2, -0.15) is 0 Å². The quantitative estimate of drug-likeness (QED) is 0.783. The predicted octanol–water partition coefficient (Wildman–Crippen LogP) is 3.26. The van der Waals surface area contributed by atoms with Crippen LogP contribution in [0.1, 0.15) is 11.1 Å². The summed E-state index contributed by atoms with van der Waals surface area (Å²) in [5.41, 5.74) is 2.40. The Bertz CT molecular complexity index is 1010. The molecular formula is C20H19NO3S. The van der Waals surface area contributed by atoms with Crippen LogP contribution in [0.3, 0.4) is 0 Å². The predicted molar refractivity (Wildman–Crippen MR) is 97.9 cm³/mol. The van der Waals surface area contributed by atoms with E-state index in [0.29, 0.717) is 17.9 Å². The molecule has 0 fully saturated rings. The average molecular weight is 353 g/mol. The summed E-state index contributed by atoms with van der Waals surface area (Å²) < 4.78 is 34.0. The van der Waals surface area contributed by atoms with E-state index in [1.165, 1.54) is 11.1 Å². The van der Waals surface area contributed by atoms with Gasteiger partial charge in [0, 0.05) is 18.4 Å². The van der Waals surface area contributed by atoms with Crippen molar-refractivity contribution in [1.82, 2.24) is 4.72 Å². The summed E-state index contributed by atoms with van der Waals surface area (Å²) in [7, 11) is -3.59. The first-order valence-electron chi connectivity index (χ1n) is 8.29. The van der Waals surface area contributed by atoms with Crippen LogP contribution < -0.4 is 4.72 Å². The highest BCUT2D eigenvalue weighted by Crippen LogP contribution is 2.23. The number of hydrogen-bond donors (Lipinski definition) is 1. The lowest BCUT2D eigenvalue weighted by molar-refractivity contribution is 0.0322. The molecule has 4 rings (SSSR count). The second-order valence-corrected chi connectivity index (χ2v) is 7.97. The monoisotopic (exact) mass is 353 g/mol. The van der Waals surface area contributed by atoms with Crippen molar-refractivity contribution in [3.05, 3.63) is 77.9 Å². The minimum Gasteiger partial charge on any atom is -0.372 e. The number of rotatable bonds is 4. The molecule has 1 aliphatic heterocycles. The molecule has 4 nitrogen and oxygen atoms in total. The molecule has 0 amide bonds. The second-order valence-electron chi connectivity index (χ2n) is 6.24. The van der Waals surface area contributed by atoms with Crippen molar-refractivity contribution in [2.45, 2.75) is 24.0 Å². The fourth-order valence-corrected chi connectivity index (χ4v) is 4.54. The van der Waals surface area contributed by atoms with Crippen molar-refractivity contribution in [3.8, 4) is 0 Å². The Labute approximate surface area is 147 Å². The molecule has 0 bridgehead atoms. The topological polar surface area (TPSA) is 55.4 Å². The lowest BCUT2D eigenvalue weighted by Crippen LogP contribution is -2.36. The number of sulfonamides is 1. The molecule has 1 atom stereocenters. The van der Waals surface area contributed by atoms with Gasteiger partial charge in [0.25, 0.3) is 0 Å². The lowest BCUT2D eigenvalue weighted by Gasteiger charge is -2.25. The molecule has 1 heterocycles. The van der Waals surface area contributed by atoms with Crippen LogP contribution in [-0.2, 0) is 27.8 Å². The number of benzene rings is 3. The number of fused-ring (bicyclic) bond motifs is 2. The summed E-state index contributed by atoms with van der Waals surface area (Å²) in [6.45, 7) is 0.788. The van der Waals surface area contributed by atoms with Crippen molar-refractivity contribution in [2.75, 3.05) is 6.54 Å². The van der Waals surface area contributed by atoms with E-state index in [2.05, 4.69) is 10.8 Å². The fraction of sp³-hybridized carbons (Fsp3) is 0.200. The molecule has 128 valence electrons. The normalized spacial score (nSPS) is 17.4. The van der Waals surface area contributed by atoms with Gasteiger partial charge in [-0.1, -0.05) is 60.7 Å². The van der Waals surface area contributed by atoms with E-state index in [0.717, 1.165) is 10.8 Å². The molecule has 0 saturated heterocycles. The van der Waals surface area contributed by atoms with Gasteiger partial charge in [-0.3, -0.25) is 0 Å². The van der Waals surface area contributed by atoms with Crippen LogP contribution in [0.25, 0.3) is 10.8 Å². The van der Waals surface area contributed by atoms with Gasteiger partial charge < -0.3 is 4.74 Å². The summed E-state index contributed by atoms with van der Waals surface area (Å²) in [5.74, 6) is 0. The van der Waals surface area contributed by atoms with E-state index in [-0.39, 0.29) is 12.6 Å². The summed E-state index contributed by atoms with van der Waals surface area (Å²) in [6.07, 6.45) is 0.563. The van der Waals surface area contributed by atoms with E-state index < -0.39 is 10.0 Å². The number of hydrogen-bond acceptors (Lipinski definition) is 3. The largest absolute Gasteiger partial charge is 0.372 e. The van der Waals surface area contributed by atoms with Gasteiger partial charge in [0.15, 0.2) is 0 Å². The van der Waals surface area contributed by atoms with Crippen molar-refractivity contribution < 1.29 is 13.2 Å². The van der Waals surface area contributed by atoms with E-state index in [1.807, 2.05) is 48.5 Å². The van der Waals surface area contributed by atoms with Crippen molar-refractivity contribution in [2.24, 2.45) is 0 Å². The Balaban J connectivity index is 1.53. The summed E-state index contributed by atoms with van der Waals surface area (Å²) >= 11 is 0. The maximum atomic E-state index is 12.8. The smallest absolute Gasteiger partial charge is 0.241 e. The first kappa shape index (κ1) is 16.3. The van der Waals surface area contributed by atoms with Crippen LogP contribution in [0.2, 0.25) is 0 Å². The SMILES string of the molecule is O=S(=O)(NCC1Cc2ccccc2CO1)c1cccc2ccccc12. The molecule has 0 aliphatic carbocycles. The molecule has 0 saturated carbocycles. The molecule has 3 aromatic carbocycles. The van der Waals surface area contributed by atoms with Gasteiger partial charge in [0.1, 0.15) is 0 Å². The average Bonchev–Trinajstić information content (AvgIpc) is 2.66. The summed E-state index contributed by atoms with van der Waals surface area (Å²) in [4.78, 5) is 0.307. The van der Waals surface area contributed by atoms with Crippen molar-refractivity contribution in [1.29, 1.82) is 0 Å². The third-order valence-electron chi connectivity index (χ3n) is 4.58. The third-order valence-corrected chi connectivity index (χ3v) is 6.06. The minimum atomic E-state index is -3.59. The third kappa shape index (κ3) is 3.31. The molecule has 1 unspecified atom stereocenters. The van der Waals surface area contributed by atoms with Gasteiger partial charge in [-0.25, -0.2) is 13.1 Å². The fourth-order valence-electron chi connectivity index (χ4n) is 3.25. The van der Waals surface area contributed by atoms with Gasteiger partial charge in [-0.05, 0) is 22.6 Å². The zero-order valence-electron chi connectivity index (χ0n) is 13.7. The molecule has 1 N–H and O–H groups in total. The summed E-state index contributed by atoms with van der Waals surface area (Å²) in [5, 5.41) is 1.64. The first-order valence-corrected chi connectivity index (χ1v) is 9.77. The Kier molecular flexibility index (Phi) is 4.29. The molecule has 0 radical (unpaired) electrons. The molecule has 1 aliphatic rings. The van der Waals surface area contributed by atoms with Crippen LogP contribution in [0.4, 0.5) is 0 Å². The van der Waals surface area contributed by atoms with Gasteiger partial charge in [-0.15, -0.1) is 0 Å². The standard InChI is InChI=1S/C20H19NO3S/c22-25(23,20-11-5-9-15-6-3-4-10-19(15)20)21-13-18-12-16-7-1-2-8-17(16)14-24-18/h1-11,18,21H,12-14H2. The molecule has 25 heavy (non-hydrogen) atoms. The molecule has 0 spiro atoms. The van der Waals surface area contributed by atoms with Crippen LogP contribution in [0.5, 0.6) is 0 Å². The lowest BCUT2D eigenvalue weighted by atomic mass is 9.99. The molecular weight excluding hydrogens is 334 g/mol. The van der Waals surface area contributed by atoms with E-state index >= 15 is 0 Å². The Morgan fingerprint density at radius 2 is 1.64 bits per heavy atom. The van der Waals surface area contributed by atoms with Crippen LogP contribution in [-0.4, -0.2) is 21.1 Å².